The Kier molecular flexibility index (Phi) is 5.68. The van der Waals surface area contributed by atoms with Crippen molar-refractivity contribution in [3.63, 3.8) is 0 Å². The minimum absolute atomic E-state index is 0.206. The van der Waals surface area contributed by atoms with Crippen molar-refractivity contribution in [3.05, 3.63) is 65.7 Å². The predicted octanol–water partition coefficient (Wildman–Crippen LogP) is 3.81. The van der Waals surface area contributed by atoms with Gasteiger partial charge in [0.1, 0.15) is 0 Å². The van der Waals surface area contributed by atoms with Crippen LogP contribution >= 0.6 is 0 Å². The topological polar surface area (TPSA) is 78.8 Å². The van der Waals surface area contributed by atoms with E-state index in [0.717, 1.165) is 16.0 Å². The van der Waals surface area contributed by atoms with Gasteiger partial charge in [-0.25, -0.2) is 9.69 Å². The number of urea groups is 1. The van der Waals surface area contributed by atoms with Gasteiger partial charge in [-0.15, -0.1) is 0 Å². The zero-order valence-corrected chi connectivity index (χ0v) is 16.2. The maximum atomic E-state index is 13.1. The standard InChI is InChI=1S/C22H23N3O3/c1-4-18(23-15(3)16-8-6-5-7-9-16)19-20(26)24-22(28)25(21(19)27)17-12-10-14(2)11-13-17/h5-13,15,19H,4H2,1-3H3,(H,24,26,28)/t15-,19?/m0/s1. The van der Waals surface area contributed by atoms with Crippen molar-refractivity contribution in [1.29, 1.82) is 0 Å². The number of barbiturate groups is 1. The number of aliphatic imine (C=N–C) groups is 1. The SMILES string of the molecule is CCC(=N[C@@H](C)c1ccccc1)C1C(=O)NC(=O)N(c2ccc(C)cc2)C1=O. The lowest BCUT2D eigenvalue weighted by molar-refractivity contribution is -0.131. The Hall–Kier alpha value is -3.28. The Morgan fingerprint density at radius 3 is 2.32 bits per heavy atom. The highest BCUT2D eigenvalue weighted by atomic mass is 16.2. The van der Waals surface area contributed by atoms with Gasteiger partial charge in [0.2, 0.25) is 5.91 Å². The van der Waals surface area contributed by atoms with Crippen molar-refractivity contribution in [2.24, 2.45) is 10.9 Å². The Balaban J connectivity index is 1.95. The van der Waals surface area contributed by atoms with Gasteiger partial charge in [0.15, 0.2) is 5.92 Å². The molecule has 2 aromatic carbocycles. The average molecular weight is 377 g/mol. The van der Waals surface area contributed by atoms with Gasteiger partial charge < -0.3 is 0 Å². The number of anilines is 1. The second kappa shape index (κ2) is 8.17. The third-order valence-corrected chi connectivity index (χ3v) is 4.79. The van der Waals surface area contributed by atoms with E-state index in [2.05, 4.69) is 10.3 Å². The number of carbonyl (C=O) groups excluding carboxylic acids is 3. The molecule has 1 saturated heterocycles. The van der Waals surface area contributed by atoms with Crippen LogP contribution in [0.15, 0.2) is 59.6 Å². The molecular weight excluding hydrogens is 354 g/mol. The summed E-state index contributed by atoms with van der Waals surface area (Å²) in [5, 5.41) is 2.30. The molecule has 1 aliphatic heterocycles. The number of nitrogens with one attached hydrogen (secondary N) is 1. The number of nitrogens with zero attached hydrogens (tertiary/aromatic N) is 2. The minimum Gasteiger partial charge on any atom is -0.285 e. The van der Waals surface area contributed by atoms with Gasteiger partial charge in [0, 0.05) is 5.71 Å². The first-order valence-electron chi connectivity index (χ1n) is 9.29. The summed E-state index contributed by atoms with van der Waals surface area (Å²) in [6, 6.07) is 15.7. The van der Waals surface area contributed by atoms with Crippen LogP contribution in [0.4, 0.5) is 10.5 Å². The highest BCUT2D eigenvalue weighted by Crippen LogP contribution is 2.25. The monoisotopic (exact) mass is 377 g/mol. The van der Waals surface area contributed by atoms with Gasteiger partial charge in [0.25, 0.3) is 5.91 Å². The summed E-state index contributed by atoms with van der Waals surface area (Å²) in [6.45, 7) is 5.68. The lowest BCUT2D eigenvalue weighted by Gasteiger charge is -2.31. The molecule has 0 aromatic heterocycles. The number of hydrogen-bond donors (Lipinski definition) is 1. The van der Waals surface area contributed by atoms with Crippen LogP contribution < -0.4 is 10.2 Å². The van der Waals surface area contributed by atoms with Crippen LogP contribution in [-0.4, -0.2) is 23.6 Å². The van der Waals surface area contributed by atoms with E-state index in [1.807, 2.05) is 63.2 Å². The molecule has 1 aliphatic rings. The highest BCUT2D eigenvalue weighted by molar-refractivity contribution is 6.35. The summed E-state index contributed by atoms with van der Waals surface area (Å²) in [6.07, 6.45) is 0.428. The first-order valence-corrected chi connectivity index (χ1v) is 9.29. The summed E-state index contributed by atoms with van der Waals surface area (Å²) in [5.74, 6) is -2.31. The fraction of sp³-hybridized carbons (Fsp3) is 0.273. The normalized spacial score (nSPS) is 18.8. The Morgan fingerprint density at radius 1 is 1.07 bits per heavy atom. The first-order chi connectivity index (χ1) is 13.4. The van der Waals surface area contributed by atoms with Gasteiger partial charge in [-0.05, 0) is 38.0 Å². The number of hydrogen-bond acceptors (Lipinski definition) is 4. The van der Waals surface area contributed by atoms with Crippen LogP contribution in [0.2, 0.25) is 0 Å². The summed E-state index contributed by atoms with van der Waals surface area (Å²) in [4.78, 5) is 43.6. The maximum Gasteiger partial charge on any atom is 0.335 e. The van der Waals surface area contributed by atoms with Crippen molar-refractivity contribution in [2.75, 3.05) is 4.90 Å². The third kappa shape index (κ3) is 3.86. The van der Waals surface area contributed by atoms with Crippen molar-refractivity contribution in [1.82, 2.24) is 5.32 Å². The molecule has 0 radical (unpaired) electrons. The van der Waals surface area contributed by atoms with E-state index < -0.39 is 23.8 Å². The molecule has 0 aliphatic carbocycles. The van der Waals surface area contributed by atoms with Gasteiger partial charge in [-0.2, -0.15) is 0 Å². The van der Waals surface area contributed by atoms with E-state index in [1.54, 1.807) is 12.1 Å². The fourth-order valence-electron chi connectivity index (χ4n) is 3.23. The third-order valence-electron chi connectivity index (χ3n) is 4.79. The lowest BCUT2D eigenvalue weighted by atomic mass is 9.95. The van der Waals surface area contributed by atoms with Crippen LogP contribution in [-0.2, 0) is 9.59 Å². The summed E-state index contributed by atoms with van der Waals surface area (Å²) < 4.78 is 0. The van der Waals surface area contributed by atoms with Crippen LogP contribution in [0.3, 0.4) is 0 Å². The molecule has 28 heavy (non-hydrogen) atoms. The molecule has 0 spiro atoms. The fourth-order valence-corrected chi connectivity index (χ4v) is 3.23. The van der Waals surface area contributed by atoms with E-state index in [9.17, 15) is 14.4 Å². The van der Waals surface area contributed by atoms with Crippen molar-refractivity contribution in [2.45, 2.75) is 33.2 Å². The van der Waals surface area contributed by atoms with Crippen molar-refractivity contribution < 1.29 is 14.4 Å². The number of imide groups is 2. The van der Waals surface area contributed by atoms with Gasteiger partial charge in [-0.3, -0.25) is 19.9 Å². The van der Waals surface area contributed by atoms with Crippen LogP contribution in [0.5, 0.6) is 0 Å². The van der Waals surface area contributed by atoms with Crippen LogP contribution in [0.25, 0.3) is 0 Å². The molecule has 1 N–H and O–H groups in total. The van der Waals surface area contributed by atoms with Crippen LogP contribution in [0, 0.1) is 12.8 Å². The zero-order valence-electron chi connectivity index (χ0n) is 16.2. The quantitative estimate of drug-likeness (QED) is 0.636. The number of carbonyl (C=O) groups is 3. The molecule has 1 fully saturated rings. The number of rotatable bonds is 5. The maximum absolute atomic E-state index is 13.1. The molecule has 1 unspecified atom stereocenters. The smallest absolute Gasteiger partial charge is 0.285 e. The summed E-state index contributed by atoms with van der Waals surface area (Å²) in [5.41, 5.74) is 2.89. The molecule has 0 saturated carbocycles. The molecule has 144 valence electrons. The van der Waals surface area contributed by atoms with E-state index in [4.69, 9.17) is 0 Å². The molecule has 0 bridgehead atoms. The predicted molar refractivity (Wildman–Crippen MR) is 108 cm³/mol. The van der Waals surface area contributed by atoms with E-state index >= 15 is 0 Å². The second-order valence-electron chi connectivity index (χ2n) is 6.80. The Bertz CT molecular complexity index is 920. The summed E-state index contributed by atoms with van der Waals surface area (Å²) in [7, 11) is 0. The van der Waals surface area contributed by atoms with Crippen LogP contribution in [0.1, 0.15) is 37.4 Å². The molecule has 6 heteroatoms. The first kappa shape index (κ1) is 19.5. The molecule has 4 amide bonds. The van der Waals surface area contributed by atoms with Crippen molar-refractivity contribution >= 4 is 29.2 Å². The molecule has 1 heterocycles. The number of aryl methyl sites for hydroxylation is 1. The van der Waals surface area contributed by atoms with E-state index in [0.29, 0.717) is 17.8 Å². The lowest BCUT2D eigenvalue weighted by Crippen LogP contribution is -2.60. The van der Waals surface area contributed by atoms with E-state index in [1.165, 1.54) is 0 Å². The molecular formula is C22H23N3O3. The Labute approximate surface area is 164 Å². The van der Waals surface area contributed by atoms with Gasteiger partial charge in [0.05, 0.1) is 11.7 Å². The average Bonchev–Trinajstić information content (AvgIpc) is 2.68. The number of benzene rings is 2. The van der Waals surface area contributed by atoms with Gasteiger partial charge in [-0.1, -0.05) is 55.0 Å². The molecule has 2 aromatic rings. The minimum atomic E-state index is -1.12. The number of amides is 4. The molecule has 3 rings (SSSR count). The highest BCUT2D eigenvalue weighted by Gasteiger charge is 2.43. The van der Waals surface area contributed by atoms with E-state index in [-0.39, 0.29) is 6.04 Å². The zero-order chi connectivity index (χ0) is 20.3. The summed E-state index contributed by atoms with van der Waals surface area (Å²) >= 11 is 0. The largest absolute Gasteiger partial charge is 0.335 e. The Morgan fingerprint density at radius 2 is 1.71 bits per heavy atom. The molecule has 2 atom stereocenters. The molecule has 6 nitrogen and oxygen atoms in total. The van der Waals surface area contributed by atoms with Gasteiger partial charge >= 0.3 is 6.03 Å². The second-order valence-corrected chi connectivity index (χ2v) is 6.80. The van der Waals surface area contributed by atoms with Crippen molar-refractivity contribution in [3.8, 4) is 0 Å².